The van der Waals surface area contributed by atoms with Gasteiger partial charge in [0.15, 0.2) is 0 Å². The molecule has 0 fully saturated rings. The number of nitrogens with one attached hydrogen (secondary N) is 1. The Kier molecular flexibility index (Phi) is 5.02. The number of hydrogen-bond donors (Lipinski definition) is 1. The lowest BCUT2D eigenvalue weighted by Crippen LogP contribution is -2.39. The number of urea groups is 1. The van der Waals surface area contributed by atoms with Crippen LogP contribution in [0.15, 0.2) is 47.4 Å². The third-order valence-corrected chi connectivity index (χ3v) is 7.18. The number of hydrogen-bond acceptors (Lipinski definition) is 3. The second kappa shape index (κ2) is 7.47. The van der Waals surface area contributed by atoms with E-state index in [9.17, 15) is 13.2 Å². The first-order valence-electron chi connectivity index (χ1n) is 9.81. The number of sulfonamides is 1. The van der Waals surface area contributed by atoms with Gasteiger partial charge in [0, 0.05) is 25.3 Å². The largest absolute Gasteiger partial charge is 0.338 e. The number of carbonyl (C=O) groups is 1. The van der Waals surface area contributed by atoms with Crippen LogP contribution < -0.4 is 14.5 Å². The fraction of sp³-hybridized carbons (Fsp3) is 0.381. The molecule has 2 aromatic carbocycles. The Balaban J connectivity index is 1.64. The Morgan fingerprint density at radius 1 is 1.04 bits per heavy atom. The number of anilines is 2. The summed E-state index contributed by atoms with van der Waals surface area (Å²) in [4.78, 5) is 14.3. The molecule has 7 heteroatoms. The summed E-state index contributed by atoms with van der Waals surface area (Å²) in [6.07, 6.45) is 3.25. The van der Waals surface area contributed by atoms with E-state index in [1.54, 1.807) is 23.1 Å². The highest BCUT2D eigenvalue weighted by Gasteiger charge is 2.31. The summed E-state index contributed by atoms with van der Waals surface area (Å²) in [5.74, 6) is 0. The minimum absolute atomic E-state index is 0.124. The van der Waals surface area contributed by atoms with Crippen LogP contribution in [0.1, 0.15) is 30.9 Å². The highest BCUT2D eigenvalue weighted by Crippen LogP contribution is 2.35. The van der Waals surface area contributed by atoms with Crippen molar-refractivity contribution >= 4 is 27.4 Å². The average molecular weight is 400 g/mol. The van der Waals surface area contributed by atoms with E-state index in [0.717, 1.165) is 41.8 Å². The van der Waals surface area contributed by atoms with Crippen LogP contribution >= 0.6 is 0 Å². The van der Waals surface area contributed by atoms with Crippen LogP contribution in [-0.2, 0) is 22.9 Å². The molecule has 28 heavy (non-hydrogen) atoms. The van der Waals surface area contributed by atoms with Crippen molar-refractivity contribution in [2.75, 3.05) is 28.8 Å². The molecule has 0 spiro atoms. The van der Waals surface area contributed by atoms with Crippen LogP contribution in [0.4, 0.5) is 16.2 Å². The van der Waals surface area contributed by atoms with Gasteiger partial charge in [-0.1, -0.05) is 25.1 Å². The quantitative estimate of drug-likeness (QED) is 0.858. The van der Waals surface area contributed by atoms with Crippen LogP contribution in [-0.4, -0.2) is 34.1 Å². The molecule has 1 N–H and O–H groups in total. The van der Waals surface area contributed by atoms with E-state index in [1.807, 2.05) is 31.2 Å². The van der Waals surface area contributed by atoms with E-state index >= 15 is 0 Å². The van der Waals surface area contributed by atoms with E-state index in [1.165, 1.54) is 4.31 Å². The van der Waals surface area contributed by atoms with E-state index in [2.05, 4.69) is 5.32 Å². The topological polar surface area (TPSA) is 69.7 Å². The van der Waals surface area contributed by atoms with Crippen molar-refractivity contribution in [2.24, 2.45) is 0 Å². The Morgan fingerprint density at radius 2 is 1.86 bits per heavy atom. The fourth-order valence-corrected chi connectivity index (χ4v) is 5.55. The number of aryl methyl sites for hydroxylation is 1. The van der Waals surface area contributed by atoms with Crippen LogP contribution in [0.3, 0.4) is 0 Å². The van der Waals surface area contributed by atoms with Crippen LogP contribution in [0.5, 0.6) is 0 Å². The molecule has 0 aliphatic carbocycles. The smallest absolute Gasteiger partial charge is 0.321 e. The van der Waals surface area contributed by atoms with E-state index < -0.39 is 10.0 Å². The van der Waals surface area contributed by atoms with E-state index in [4.69, 9.17) is 0 Å². The van der Waals surface area contributed by atoms with Gasteiger partial charge < -0.3 is 5.32 Å². The molecule has 0 radical (unpaired) electrons. The summed E-state index contributed by atoms with van der Waals surface area (Å²) in [5.41, 5.74) is 3.54. The highest BCUT2D eigenvalue weighted by atomic mass is 32.2. The van der Waals surface area contributed by atoms with E-state index in [-0.39, 0.29) is 6.03 Å². The van der Waals surface area contributed by atoms with Gasteiger partial charge in [0.25, 0.3) is 10.0 Å². The molecule has 2 aliphatic heterocycles. The van der Waals surface area contributed by atoms with Crippen molar-refractivity contribution in [3.63, 3.8) is 0 Å². The van der Waals surface area contributed by atoms with Gasteiger partial charge in [-0.3, -0.25) is 9.21 Å². The number of rotatable bonds is 4. The Labute approximate surface area is 166 Å². The lowest BCUT2D eigenvalue weighted by molar-refractivity contribution is 0.247. The van der Waals surface area contributed by atoms with Gasteiger partial charge in [-0.05, 0) is 61.1 Å². The molecule has 0 aromatic heterocycles. The van der Waals surface area contributed by atoms with Crippen LogP contribution in [0.2, 0.25) is 0 Å². The highest BCUT2D eigenvalue weighted by molar-refractivity contribution is 7.92. The van der Waals surface area contributed by atoms with Gasteiger partial charge in [-0.15, -0.1) is 0 Å². The number of nitrogens with zero attached hydrogens (tertiary/aromatic N) is 2. The first-order chi connectivity index (χ1) is 13.5. The molecular weight excluding hydrogens is 374 g/mol. The molecule has 0 bridgehead atoms. The zero-order valence-corrected chi connectivity index (χ0v) is 16.8. The molecule has 148 valence electrons. The average Bonchev–Trinajstić information content (AvgIpc) is 3.15. The third kappa shape index (κ3) is 3.24. The number of para-hydroxylation sites is 1. The van der Waals surface area contributed by atoms with Crippen molar-refractivity contribution in [1.29, 1.82) is 0 Å². The summed E-state index contributed by atoms with van der Waals surface area (Å²) in [6, 6.07) is 12.7. The first-order valence-corrected chi connectivity index (χ1v) is 11.3. The lowest BCUT2D eigenvalue weighted by Gasteiger charge is -2.30. The van der Waals surface area contributed by atoms with Crippen LogP contribution in [0, 0.1) is 0 Å². The van der Waals surface area contributed by atoms with Gasteiger partial charge in [-0.25, -0.2) is 13.2 Å². The van der Waals surface area contributed by atoms with Crippen molar-refractivity contribution < 1.29 is 13.2 Å². The molecule has 2 heterocycles. The molecule has 6 nitrogen and oxygen atoms in total. The predicted molar refractivity (Wildman–Crippen MR) is 110 cm³/mol. The normalized spacial score (nSPS) is 15.9. The van der Waals surface area contributed by atoms with Gasteiger partial charge in [0.2, 0.25) is 0 Å². The monoisotopic (exact) mass is 399 g/mol. The zero-order valence-electron chi connectivity index (χ0n) is 16.0. The minimum atomic E-state index is -3.63. The summed E-state index contributed by atoms with van der Waals surface area (Å²) < 4.78 is 28.2. The summed E-state index contributed by atoms with van der Waals surface area (Å²) in [6.45, 7) is 3.70. The molecule has 2 amide bonds. The SMILES string of the molecule is CCCNC(=O)N1CCc2cc(S(=O)(=O)N3CCCc4ccccc43)ccc21. The van der Waals surface area contributed by atoms with Gasteiger partial charge in [0.1, 0.15) is 0 Å². The third-order valence-electron chi connectivity index (χ3n) is 5.37. The van der Waals surface area contributed by atoms with Gasteiger partial charge in [-0.2, -0.15) is 0 Å². The maximum Gasteiger partial charge on any atom is 0.321 e. The molecule has 2 aliphatic rings. The first kappa shape index (κ1) is 18.8. The molecule has 0 atom stereocenters. The van der Waals surface area contributed by atoms with Gasteiger partial charge in [0.05, 0.1) is 10.6 Å². The second-order valence-electron chi connectivity index (χ2n) is 7.23. The molecule has 2 aromatic rings. The number of benzene rings is 2. The number of amides is 2. The van der Waals surface area contributed by atoms with Crippen molar-refractivity contribution in [3.05, 3.63) is 53.6 Å². The number of fused-ring (bicyclic) bond motifs is 2. The lowest BCUT2D eigenvalue weighted by atomic mass is 10.0. The molecule has 0 unspecified atom stereocenters. The van der Waals surface area contributed by atoms with Gasteiger partial charge >= 0.3 is 6.03 Å². The summed E-state index contributed by atoms with van der Waals surface area (Å²) in [5, 5.41) is 2.88. The standard InChI is InChI=1S/C21H25N3O3S/c1-2-12-22-21(25)23-14-11-17-15-18(9-10-19(17)23)28(26,27)24-13-5-7-16-6-3-4-8-20(16)24/h3-4,6,8-10,15H,2,5,7,11-14H2,1H3,(H,22,25). The maximum absolute atomic E-state index is 13.3. The molecule has 0 saturated heterocycles. The Bertz CT molecular complexity index is 1000. The van der Waals surface area contributed by atoms with Crippen LogP contribution in [0.25, 0.3) is 0 Å². The Morgan fingerprint density at radius 3 is 2.68 bits per heavy atom. The minimum Gasteiger partial charge on any atom is -0.338 e. The molecule has 4 rings (SSSR count). The Hall–Kier alpha value is -2.54. The summed E-state index contributed by atoms with van der Waals surface area (Å²) >= 11 is 0. The van der Waals surface area contributed by atoms with Crippen molar-refractivity contribution in [1.82, 2.24) is 5.32 Å². The van der Waals surface area contributed by atoms with Crippen molar-refractivity contribution in [3.8, 4) is 0 Å². The molecular formula is C21H25N3O3S. The van der Waals surface area contributed by atoms with Crippen molar-refractivity contribution in [2.45, 2.75) is 37.5 Å². The second-order valence-corrected chi connectivity index (χ2v) is 9.10. The predicted octanol–water partition coefficient (Wildman–Crippen LogP) is 3.31. The molecule has 0 saturated carbocycles. The number of carbonyl (C=O) groups excluding carboxylic acids is 1. The van der Waals surface area contributed by atoms with E-state index in [0.29, 0.717) is 31.0 Å². The summed E-state index contributed by atoms with van der Waals surface area (Å²) in [7, 11) is -3.63. The zero-order chi connectivity index (χ0) is 19.7. The maximum atomic E-state index is 13.3. The fourth-order valence-electron chi connectivity index (χ4n) is 3.95.